The van der Waals surface area contributed by atoms with Gasteiger partial charge in [0.25, 0.3) is 0 Å². The molecule has 1 amide bonds. The number of Topliss-reactive ketones (excluding diaryl/α,β-unsaturated/α-hetero) is 1. The van der Waals surface area contributed by atoms with E-state index in [1.807, 2.05) is 24.3 Å². The zero-order valence-electron chi connectivity index (χ0n) is 10.1. The molecule has 3 nitrogen and oxygen atoms in total. The monoisotopic (exact) mass is 297 g/mol. The van der Waals surface area contributed by atoms with E-state index in [1.54, 1.807) is 11.9 Å². The first-order chi connectivity index (χ1) is 7.99. The largest absolute Gasteiger partial charge is 0.345 e. The zero-order valence-corrected chi connectivity index (χ0v) is 11.7. The van der Waals surface area contributed by atoms with Crippen LogP contribution in [0.2, 0.25) is 0 Å². The van der Waals surface area contributed by atoms with Crippen molar-refractivity contribution in [1.82, 2.24) is 4.90 Å². The second-order valence-corrected chi connectivity index (χ2v) is 4.99. The Morgan fingerprint density at radius 2 is 2.06 bits per heavy atom. The van der Waals surface area contributed by atoms with Crippen molar-refractivity contribution in [2.45, 2.75) is 19.8 Å². The van der Waals surface area contributed by atoms with Gasteiger partial charge in [0, 0.05) is 18.1 Å². The number of hydrogen-bond acceptors (Lipinski definition) is 2. The molecule has 0 fully saturated rings. The van der Waals surface area contributed by atoms with E-state index in [1.165, 1.54) is 12.5 Å². The fraction of sp³-hybridized carbons (Fsp3) is 0.385. The molecule has 0 aromatic heterocycles. The minimum Gasteiger partial charge on any atom is -0.345 e. The fourth-order valence-corrected chi connectivity index (χ4v) is 1.91. The Morgan fingerprint density at radius 1 is 1.35 bits per heavy atom. The maximum atomic E-state index is 11.5. The molecule has 0 saturated carbocycles. The summed E-state index contributed by atoms with van der Waals surface area (Å²) in [7, 11) is 1.73. The van der Waals surface area contributed by atoms with Crippen LogP contribution in [-0.2, 0) is 16.0 Å². The van der Waals surface area contributed by atoms with Gasteiger partial charge in [0.15, 0.2) is 0 Å². The third kappa shape index (κ3) is 5.13. The molecule has 1 aromatic rings. The third-order valence-electron chi connectivity index (χ3n) is 2.45. The van der Waals surface area contributed by atoms with Crippen LogP contribution in [0.5, 0.6) is 0 Å². The fourth-order valence-electron chi connectivity index (χ4n) is 1.46. The van der Waals surface area contributed by atoms with Crippen molar-refractivity contribution in [3.05, 3.63) is 34.3 Å². The lowest BCUT2D eigenvalue weighted by molar-refractivity contribution is -0.133. The lowest BCUT2D eigenvalue weighted by Crippen LogP contribution is -2.30. The van der Waals surface area contributed by atoms with Crippen LogP contribution in [0, 0.1) is 0 Å². The normalized spacial score (nSPS) is 10.1. The van der Waals surface area contributed by atoms with Gasteiger partial charge in [-0.2, -0.15) is 0 Å². The van der Waals surface area contributed by atoms with E-state index in [-0.39, 0.29) is 18.1 Å². The Balaban J connectivity index is 2.45. The number of likely N-dealkylation sites (N-methyl/N-ethyl adjacent to an activating group) is 1. The van der Waals surface area contributed by atoms with Crippen LogP contribution in [0.15, 0.2) is 28.7 Å². The highest BCUT2D eigenvalue weighted by atomic mass is 79.9. The van der Waals surface area contributed by atoms with Crippen LogP contribution in [-0.4, -0.2) is 30.2 Å². The van der Waals surface area contributed by atoms with Gasteiger partial charge in [0.05, 0.1) is 6.42 Å². The van der Waals surface area contributed by atoms with E-state index in [9.17, 15) is 9.59 Å². The van der Waals surface area contributed by atoms with Gasteiger partial charge in [-0.15, -0.1) is 0 Å². The number of ketones is 1. The molecule has 0 N–H and O–H groups in total. The molecular formula is C13H16BrNO2. The Hall–Kier alpha value is -1.16. The summed E-state index contributed by atoms with van der Waals surface area (Å²) in [6, 6.07) is 7.99. The molecule has 0 saturated heterocycles. The van der Waals surface area contributed by atoms with Crippen molar-refractivity contribution in [2.24, 2.45) is 0 Å². The molecule has 0 atom stereocenters. The number of hydrogen-bond donors (Lipinski definition) is 0. The summed E-state index contributed by atoms with van der Waals surface area (Å²) in [6.07, 6.45) is 0.786. The maximum absolute atomic E-state index is 11.5. The Labute approximate surface area is 110 Å². The van der Waals surface area contributed by atoms with Gasteiger partial charge >= 0.3 is 0 Å². The molecule has 4 heteroatoms. The van der Waals surface area contributed by atoms with E-state index in [2.05, 4.69) is 15.9 Å². The molecule has 0 spiro atoms. The minimum atomic E-state index is -0.118. The summed E-state index contributed by atoms with van der Waals surface area (Å²) in [4.78, 5) is 24.0. The number of nitrogens with zero attached hydrogens (tertiary/aromatic N) is 1. The lowest BCUT2D eigenvalue weighted by Gasteiger charge is -2.16. The maximum Gasteiger partial charge on any atom is 0.229 e. The topological polar surface area (TPSA) is 37.4 Å². The summed E-state index contributed by atoms with van der Waals surface area (Å²) in [6.45, 7) is 2.06. The molecule has 1 aromatic carbocycles. The van der Waals surface area contributed by atoms with Crippen LogP contribution < -0.4 is 0 Å². The second kappa shape index (κ2) is 6.55. The summed E-state index contributed by atoms with van der Waals surface area (Å²) in [5.41, 5.74) is 1.17. The standard InChI is InChI=1S/C13H16BrNO2/c1-10(16)8-13(17)15(2)7-6-11-4-3-5-12(14)9-11/h3-5,9H,6-8H2,1-2H3. The van der Waals surface area contributed by atoms with E-state index < -0.39 is 0 Å². The predicted molar refractivity (Wildman–Crippen MR) is 70.8 cm³/mol. The minimum absolute atomic E-state index is 0.00498. The SMILES string of the molecule is CC(=O)CC(=O)N(C)CCc1cccc(Br)c1. The molecule has 0 heterocycles. The number of amides is 1. The Bertz CT molecular complexity index is 418. The Morgan fingerprint density at radius 3 is 2.65 bits per heavy atom. The summed E-state index contributed by atoms with van der Waals surface area (Å²) in [5, 5.41) is 0. The van der Waals surface area contributed by atoms with Gasteiger partial charge in [0.2, 0.25) is 5.91 Å². The second-order valence-electron chi connectivity index (χ2n) is 4.07. The molecule has 0 aliphatic heterocycles. The van der Waals surface area contributed by atoms with Gasteiger partial charge in [0.1, 0.15) is 5.78 Å². The smallest absolute Gasteiger partial charge is 0.229 e. The number of rotatable bonds is 5. The molecule has 1 rings (SSSR count). The first-order valence-corrected chi connectivity index (χ1v) is 6.26. The van der Waals surface area contributed by atoms with E-state index in [0.717, 1.165) is 10.9 Å². The first-order valence-electron chi connectivity index (χ1n) is 5.47. The van der Waals surface area contributed by atoms with Crippen LogP contribution in [0.1, 0.15) is 18.9 Å². The summed E-state index contributed by atoms with van der Waals surface area (Å²) in [5.74, 6) is -0.211. The highest BCUT2D eigenvalue weighted by Gasteiger charge is 2.10. The van der Waals surface area contributed by atoms with Crippen molar-refractivity contribution < 1.29 is 9.59 Å². The molecular weight excluding hydrogens is 282 g/mol. The van der Waals surface area contributed by atoms with Crippen LogP contribution >= 0.6 is 15.9 Å². The third-order valence-corrected chi connectivity index (χ3v) is 2.94. The van der Waals surface area contributed by atoms with Gasteiger partial charge in [-0.25, -0.2) is 0 Å². The van der Waals surface area contributed by atoms with Gasteiger partial charge in [-0.3, -0.25) is 9.59 Å². The molecule has 92 valence electrons. The zero-order chi connectivity index (χ0) is 12.8. The van der Waals surface area contributed by atoms with Crippen molar-refractivity contribution in [2.75, 3.05) is 13.6 Å². The van der Waals surface area contributed by atoms with Gasteiger partial charge in [-0.1, -0.05) is 28.1 Å². The van der Waals surface area contributed by atoms with E-state index in [0.29, 0.717) is 6.54 Å². The van der Waals surface area contributed by atoms with Crippen LogP contribution in [0.4, 0.5) is 0 Å². The number of carbonyl (C=O) groups excluding carboxylic acids is 2. The molecule has 17 heavy (non-hydrogen) atoms. The number of benzene rings is 1. The van der Waals surface area contributed by atoms with Crippen LogP contribution in [0.25, 0.3) is 0 Å². The molecule has 0 unspecified atom stereocenters. The van der Waals surface area contributed by atoms with Crippen molar-refractivity contribution in [3.63, 3.8) is 0 Å². The summed E-state index contributed by atoms with van der Waals surface area (Å²) >= 11 is 3.41. The van der Waals surface area contributed by atoms with Crippen molar-refractivity contribution in [3.8, 4) is 0 Å². The number of carbonyl (C=O) groups is 2. The average molecular weight is 298 g/mol. The molecule has 0 radical (unpaired) electrons. The van der Waals surface area contributed by atoms with Crippen LogP contribution in [0.3, 0.4) is 0 Å². The molecule has 0 bridgehead atoms. The lowest BCUT2D eigenvalue weighted by atomic mass is 10.1. The van der Waals surface area contributed by atoms with E-state index in [4.69, 9.17) is 0 Å². The highest BCUT2D eigenvalue weighted by molar-refractivity contribution is 9.10. The first kappa shape index (κ1) is 13.9. The average Bonchev–Trinajstić information content (AvgIpc) is 2.25. The highest BCUT2D eigenvalue weighted by Crippen LogP contribution is 2.12. The van der Waals surface area contributed by atoms with Crippen molar-refractivity contribution >= 4 is 27.6 Å². The molecule has 0 aliphatic carbocycles. The predicted octanol–water partition coefficient (Wildman–Crippen LogP) is 2.43. The molecule has 0 aliphatic rings. The summed E-state index contributed by atoms with van der Waals surface area (Å²) < 4.78 is 1.03. The van der Waals surface area contributed by atoms with Gasteiger partial charge < -0.3 is 4.90 Å². The Kier molecular flexibility index (Phi) is 5.35. The quantitative estimate of drug-likeness (QED) is 0.783. The van der Waals surface area contributed by atoms with E-state index >= 15 is 0 Å². The van der Waals surface area contributed by atoms with Crippen molar-refractivity contribution in [1.29, 1.82) is 0 Å². The van der Waals surface area contributed by atoms with Gasteiger partial charge in [-0.05, 0) is 31.0 Å². The number of halogens is 1.